The Labute approximate surface area is 115 Å². The van der Waals surface area contributed by atoms with E-state index in [1.54, 1.807) is 0 Å². The Balaban J connectivity index is 2.27. The first-order valence-electron chi connectivity index (χ1n) is 6.66. The lowest BCUT2D eigenvalue weighted by Crippen LogP contribution is -2.63. The van der Waals surface area contributed by atoms with Crippen molar-refractivity contribution in [2.75, 3.05) is 18.0 Å². The van der Waals surface area contributed by atoms with Crippen molar-refractivity contribution >= 4 is 17.3 Å². The van der Waals surface area contributed by atoms with E-state index in [0.29, 0.717) is 12.0 Å². The number of hydrogen-bond acceptors (Lipinski definition) is 2. The van der Waals surface area contributed by atoms with Crippen molar-refractivity contribution < 1.29 is 0 Å². The Morgan fingerprint density at radius 1 is 1.28 bits per heavy atom. The highest BCUT2D eigenvalue weighted by Crippen LogP contribution is 2.27. The van der Waals surface area contributed by atoms with Crippen molar-refractivity contribution in [3.05, 3.63) is 29.3 Å². The predicted molar refractivity (Wildman–Crippen MR) is 79.5 cm³/mol. The predicted octanol–water partition coefficient (Wildman–Crippen LogP) is 3.55. The quantitative estimate of drug-likeness (QED) is 0.881. The monoisotopic (exact) mass is 266 g/mol. The summed E-state index contributed by atoms with van der Waals surface area (Å²) in [5.74, 6) is 0.629. The minimum Gasteiger partial charge on any atom is -0.365 e. The van der Waals surface area contributed by atoms with Gasteiger partial charge in [0.1, 0.15) is 0 Å². The van der Waals surface area contributed by atoms with E-state index in [0.717, 1.165) is 18.1 Å². The molecule has 1 atom stereocenters. The summed E-state index contributed by atoms with van der Waals surface area (Å²) in [6, 6.07) is 8.74. The summed E-state index contributed by atoms with van der Waals surface area (Å²) in [6.07, 6.45) is 0. The topological polar surface area (TPSA) is 15.3 Å². The van der Waals surface area contributed by atoms with Gasteiger partial charge >= 0.3 is 0 Å². The van der Waals surface area contributed by atoms with E-state index in [1.165, 1.54) is 5.69 Å². The van der Waals surface area contributed by atoms with Crippen molar-refractivity contribution in [1.29, 1.82) is 0 Å². The normalized spacial score (nSPS) is 23.4. The molecule has 1 saturated heterocycles. The Hall–Kier alpha value is -0.730. The van der Waals surface area contributed by atoms with E-state index in [4.69, 9.17) is 11.6 Å². The highest BCUT2D eigenvalue weighted by molar-refractivity contribution is 6.30. The second kappa shape index (κ2) is 5.10. The Morgan fingerprint density at radius 3 is 2.44 bits per heavy atom. The SMILES string of the molecule is CC(C)C1CNC(C)(C)CN1c1ccc(Cl)cc1. The molecular weight excluding hydrogens is 244 g/mol. The molecule has 0 bridgehead atoms. The molecule has 18 heavy (non-hydrogen) atoms. The fourth-order valence-electron chi connectivity index (χ4n) is 2.60. The van der Waals surface area contributed by atoms with Gasteiger partial charge < -0.3 is 10.2 Å². The van der Waals surface area contributed by atoms with Crippen LogP contribution in [-0.2, 0) is 0 Å². The second-order valence-corrected chi connectivity index (χ2v) is 6.62. The summed E-state index contributed by atoms with van der Waals surface area (Å²) in [4.78, 5) is 2.51. The third kappa shape index (κ3) is 2.99. The number of benzene rings is 1. The average Bonchev–Trinajstić information content (AvgIpc) is 2.28. The maximum absolute atomic E-state index is 5.97. The summed E-state index contributed by atoms with van der Waals surface area (Å²) in [5, 5.41) is 4.43. The maximum atomic E-state index is 5.97. The summed E-state index contributed by atoms with van der Waals surface area (Å²) in [5.41, 5.74) is 1.43. The van der Waals surface area contributed by atoms with Crippen LogP contribution in [0.2, 0.25) is 5.02 Å². The number of nitrogens with zero attached hydrogens (tertiary/aromatic N) is 1. The molecule has 1 unspecified atom stereocenters. The smallest absolute Gasteiger partial charge is 0.0438 e. The van der Waals surface area contributed by atoms with Crippen LogP contribution in [0.5, 0.6) is 0 Å². The molecular formula is C15H23ClN2. The molecule has 0 saturated carbocycles. The lowest BCUT2D eigenvalue weighted by Gasteiger charge is -2.47. The van der Waals surface area contributed by atoms with Crippen molar-refractivity contribution in [2.45, 2.75) is 39.3 Å². The van der Waals surface area contributed by atoms with Gasteiger partial charge in [-0.1, -0.05) is 25.4 Å². The molecule has 2 nitrogen and oxygen atoms in total. The summed E-state index contributed by atoms with van der Waals surface area (Å²) in [7, 11) is 0. The first-order chi connectivity index (χ1) is 8.39. The van der Waals surface area contributed by atoms with Gasteiger partial charge in [0.05, 0.1) is 0 Å². The molecule has 0 amide bonds. The molecule has 1 aliphatic rings. The zero-order chi connectivity index (χ0) is 13.3. The Kier molecular flexibility index (Phi) is 3.88. The number of hydrogen-bond donors (Lipinski definition) is 1. The van der Waals surface area contributed by atoms with E-state index in [2.05, 4.69) is 50.0 Å². The number of piperazine rings is 1. The van der Waals surface area contributed by atoms with Gasteiger partial charge in [0.25, 0.3) is 0 Å². The van der Waals surface area contributed by atoms with E-state index in [1.807, 2.05) is 12.1 Å². The number of halogens is 1. The molecule has 1 aliphatic heterocycles. The summed E-state index contributed by atoms with van der Waals surface area (Å²) < 4.78 is 0. The zero-order valence-electron chi connectivity index (χ0n) is 11.7. The van der Waals surface area contributed by atoms with Gasteiger partial charge in [-0.3, -0.25) is 0 Å². The van der Waals surface area contributed by atoms with Crippen molar-refractivity contribution in [3.63, 3.8) is 0 Å². The van der Waals surface area contributed by atoms with Gasteiger partial charge in [-0.15, -0.1) is 0 Å². The van der Waals surface area contributed by atoms with Crippen molar-refractivity contribution in [3.8, 4) is 0 Å². The molecule has 0 radical (unpaired) electrons. The van der Waals surface area contributed by atoms with Crippen LogP contribution in [0, 0.1) is 5.92 Å². The van der Waals surface area contributed by atoms with Gasteiger partial charge in [0.2, 0.25) is 0 Å². The van der Waals surface area contributed by atoms with Crippen LogP contribution in [0.25, 0.3) is 0 Å². The van der Waals surface area contributed by atoms with Gasteiger partial charge in [0, 0.05) is 35.4 Å². The molecule has 1 fully saturated rings. The largest absolute Gasteiger partial charge is 0.365 e. The third-order valence-electron chi connectivity index (χ3n) is 3.68. The Morgan fingerprint density at radius 2 is 1.89 bits per heavy atom. The van der Waals surface area contributed by atoms with Crippen LogP contribution in [0.3, 0.4) is 0 Å². The highest BCUT2D eigenvalue weighted by atomic mass is 35.5. The number of rotatable bonds is 2. The number of anilines is 1. The second-order valence-electron chi connectivity index (χ2n) is 6.18. The molecule has 100 valence electrons. The summed E-state index contributed by atoms with van der Waals surface area (Å²) in [6.45, 7) is 11.1. The molecule has 3 heteroatoms. The van der Waals surface area contributed by atoms with Gasteiger partial charge in [-0.2, -0.15) is 0 Å². The van der Waals surface area contributed by atoms with Crippen LogP contribution in [0.1, 0.15) is 27.7 Å². The lowest BCUT2D eigenvalue weighted by atomic mass is 9.92. The van der Waals surface area contributed by atoms with E-state index < -0.39 is 0 Å². The molecule has 0 spiro atoms. The fourth-order valence-corrected chi connectivity index (χ4v) is 2.73. The Bertz CT molecular complexity index is 397. The zero-order valence-corrected chi connectivity index (χ0v) is 12.5. The first kappa shape index (κ1) is 13.7. The van der Waals surface area contributed by atoms with E-state index in [9.17, 15) is 0 Å². The molecule has 1 heterocycles. The van der Waals surface area contributed by atoms with Crippen LogP contribution < -0.4 is 10.2 Å². The van der Waals surface area contributed by atoms with E-state index >= 15 is 0 Å². The molecule has 1 aromatic rings. The van der Waals surface area contributed by atoms with Crippen LogP contribution in [0.15, 0.2) is 24.3 Å². The first-order valence-corrected chi connectivity index (χ1v) is 7.04. The van der Waals surface area contributed by atoms with Crippen LogP contribution in [0.4, 0.5) is 5.69 Å². The summed E-state index contributed by atoms with van der Waals surface area (Å²) >= 11 is 5.97. The van der Waals surface area contributed by atoms with Gasteiger partial charge in [-0.05, 0) is 44.0 Å². The highest BCUT2D eigenvalue weighted by Gasteiger charge is 2.33. The maximum Gasteiger partial charge on any atom is 0.0438 e. The lowest BCUT2D eigenvalue weighted by molar-refractivity contribution is 0.277. The molecule has 1 N–H and O–H groups in total. The van der Waals surface area contributed by atoms with Gasteiger partial charge in [-0.25, -0.2) is 0 Å². The fraction of sp³-hybridized carbons (Fsp3) is 0.600. The minimum absolute atomic E-state index is 0.158. The molecule has 2 rings (SSSR count). The van der Waals surface area contributed by atoms with Crippen LogP contribution in [-0.4, -0.2) is 24.7 Å². The molecule has 1 aromatic carbocycles. The molecule has 0 aromatic heterocycles. The third-order valence-corrected chi connectivity index (χ3v) is 3.94. The standard InChI is InChI=1S/C15H23ClN2/c1-11(2)14-9-17-15(3,4)10-18(14)13-7-5-12(16)6-8-13/h5-8,11,14,17H,9-10H2,1-4H3. The average molecular weight is 267 g/mol. The minimum atomic E-state index is 0.158. The number of nitrogens with one attached hydrogen (secondary N) is 1. The van der Waals surface area contributed by atoms with Crippen LogP contribution >= 0.6 is 11.6 Å². The molecule has 0 aliphatic carbocycles. The van der Waals surface area contributed by atoms with Crippen molar-refractivity contribution in [1.82, 2.24) is 5.32 Å². The van der Waals surface area contributed by atoms with E-state index in [-0.39, 0.29) is 5.54 Å². The van der Waals surface area contributed by atoms with Gasteiger partial charge in [0.15, 0.2) is 0 Å². The van der Waals surface area contributed by atoms with Crippen molar-refractivity contribution in [2.24, 2.45) is 5.92 Å².